The fourth-order valence-electron chi connectivity index (χ4n) is 8.64. The molecule has 0 heteroatoms. The predicted molar refractivity (Wildman–Crippen MR) is 253 cm³/mol. The van der Waals surface area contributed by atoms with Crippen molar-refractivity contribution < 1.29 is 0 Å². The van der Waals surface area contributed by atoms with Crippen LogP contribution in [0.2, 0.25) is 0 Å². The summed E-state index contributed by atoms with van der Waals surface area (Å²) in [4.78, 5) is 0. The van der Waals surface area contributed by atoms with Crippen LogP contribution >= 0.6 is 0 Å². The van der Waals surface area contributed by atoms with E-state index < -0.39 is 0 Å². The van der Waals surface area contributed by atoms with E-state index in [4.69, 9.17) is 0 Å². The number of allylic oxidation sites excluding steroid dienone is 22. The summed E-state index contributed by atoms with van der Waals surface area (Å²) in [5.41, 5.74) is 30.3. The van der Waals surface area contributed by atoms with Crippen molar-refractivity contribution in [3.8, 4) is 11.1 Å². The molecule has 4 rings (SSSR count). The highest BCUT2D eigenvalue weighted by molar-refractivity contribution is 5.92. The zero-order chi connectivity index (χ0) is 41.8. The van der Waals surface area contributed by atoms with E-state index in [1.807, 2.05) is 0 Å². The number of fused-ring (bicyclic) bond motifs is 3. The first kappa shape index (κ1) is 44.0. The third-order valence-electron chi connectivity index (χ3n) is 13.3. The molecule has 0 amide bonds. The fraction of sp³-hybridized carbons (Fsp3) is 0.357. The summed E-state index contributed by atoms with van der Waals surface area (Å²) < 4.78 is 0. The van der Waals surface area contributed by atoms with Crippen LogP contribution in [0.15, 0.2) is 129 Å². The summed E-state index contributed by atoms with van der Waals surface area (Å²) in [5, 5.41) is 0. The molecule has 0 saturated carbocycles. The van der Waals surface area contributed by atoms with Gasteiger partial charge >= 0.3 is 0 Å². The molecule has 294 valence electrons. The predicted octanol–water partition coefficient (Wildman–Crippen LogP) is 16.7. The van der Waals surface area contributed by atoms with E-state index >= 15 is 0 Å². The third-order valence-corrected chi connectivity index (χ3v) is 13.3. The molecule has 0 fully saturated rings. The molecular weight excluding hydrogens is 673 g/mol. The van der Waals surface area contributed by atoms with Crippen LogP contribution in [0.25, 0.3) is 23.3 Å². The van der Waals surface area contributed by atoms with Crippen molar-refractivity contribution in [2.75, 3.05) is 0 Å². The van der Waals surface area contributed by atoms with Gasteiger partial charge in [-0.05, 0) is 229 Å². The van der Waals surface area contributed by atoms with E-state index in [2.05, 4.69) is 210 Å². The highest BCUT2D eigenvalue weighted by Crippen LogP contribution is 2.56. The zero-order valence-corrected chi connectivity index (χ0v) is 38.3. The minimum Gasteiger partial charge on any atom is -0.0845 e. The second-order valence-electron chi connectivity index (χ2n) is 17.1. The fourth-order valence-corrected chi connectivity index (χ4v) is 8.64. The largest absolute Gasteiger partial charge is 0.0845 e. The van der Waals surface area contributed by atoms with E-state index in [9.17, 15) is 0 Å². The molecule has 0 spiro atoms. The molecular formula is C56H70. The Morgan fingerprint density at radius 3 is 1.14 bits per heavy atom. The lowest BCUT2D eigenvalue weighted by Crippen LogP contribution is -2.19. The van der Waals surface area contributed by atoms with Crippen LogP contribution in [-0.4, -0.2) is 0 Å². The van der Waals surface area contributed by atoms with Gasteiger partial charge in [0.15, 0.2) is 0 Å². The van der Waals surface area contributed by atoms with E-state index in [0.717, 1.165) is 6.42 Å². The lowest BCUT2D eigenvalue weighted by Gasteiger charge is -2.28. The van der Waals surface area contributed by atoms with Gasteiger partial charge in [0.2, 0.25) is 0 Å². The Labute approximate surface area is 342 Å². The van der Waals surface area contributed by atoms with E-state index in [1.165, 1.54) is 122 Å². The lowest BCUT2D eigenvalue weighted by atomic mass is 9.75. The maximum Gasteiger partial charge on any atom is 0.0164 e. The van der Waals surface area contributed by atoms with Gasteiger partial charge < -0.3 is 0 Å². The topological polar surface area (TPSA) is 0 Å². The molecule has 2 aromatic carbocycles. The van der Waals surface area contributed by atoms with E-state index in [-0.39, 0.29) is 5.41 Å². The first-order valence-corrected chi connectivity index (χ1v) is 20.6. The summed E-state index contributed by atoms with van der Waals surface area (Å²) in [6.07, 6.45) is 32.3. The number of hydrogen-bond acceptors (Lipinski definition) is 0. The lowest BCUT2D eigenvalue weighted by molar-refractivity contribution is 0.649. The van der Waals surface area contributed by atoms with Crippen LogP contribution in [-0.2, 0) is 5.41 Å². The highest BCUT2D eigenvalue weighted by Gasteiger charge is 2.42. The summed E-state index contributed by atoms with van der Waals surface area (Å²) >= 11 is 0. The minimum atomic E-state index is -0.117. The molecule has 0 aliphatic heterocycles. The molecule has 0 saturated heterocycles. The highest BCUT2D eigenvalue weighted by atomic mass is 14.4. The summed E-state index contributed by atoms with van der Waals surface area (Å²) in [5.74, 6) is 0. The van der Waals surface area contributed by atoms with Gasteiger partial charge in [0.1, 0.15) is 0 Å². The normalized spacial score (nSPS) is 17.4. The Bertz CT molecular complexity index is 2300. The quantitative estimate of drug-likeness (QED) is 0.201. The number of rotatable bonds is 11. The smallest absolute Gasteiger partial charge is 0.0164 e. The molecule has 0 radical (unpaired) electrons. The van der Waals surface area contributed by atoms with Crippen molar-refractivity contribution >= 4 is 12.2 Å². The van der Waals surface area contributed by atoms with Gasteiger partial charge in [-0.25, -0.2) is 0 Å². The summed E-state index contributed by atoms with van der Waals surface area (Å²) in [6.45, 7) is 40.8. The standard InChI is InChI=1S/C56H70/c1-19-34(2)35(3)25-20-21-26-36(4)38(6)28-23-31-50-43(11)45(13)52-53-46(14)44(12)51(48(16)55(53)56(17,18)54(52)47(50)15)32-24-29-39(7)37(5)27-22-30-49-33-40(8)41(9)42(49)10/h19-32H,33H2,1-18H3/b21-20+,30-22+,31-23+,32-24+,34-19?,35-25?,36-26?,37-27?,38-28?,39-29?. The van der Waals surface area contributed by atoms with Crippen LogP contribution in [0.5, 0.6) is 0 Å². The number of hydrogen-bond donors (Lipinski definition) is 0. The molecule has 0 aromatic heterocycles. The molecule has 0 atom stereocenters. The molecule has 2 aromatic rings. The van der Waals surface area contributed by atoms with Crippen LogP contribution in [0.1, 0.15) is 145 Å². The van der Waals surface area contributed by atoms with Gasteiger partial charge in [-0.15, -0.1) is 0 Å². The van der Waals surface area contributed by atoms with Crippen LogP contribution in [0.3, 0.4) is 0 Å². The molecule has 0 N–H and O–H groups in total. The van der Waals surface area contributed by atoms with Crippen LogP contribution in [0.4, 0.5) is 0 Å². The molecule has 0 nitrogen and oxygen atoms in total. The van der Waals surface area contributed by atoms with Gasteiger partial charge in [-0.2, -0.15) is 0 Å². The average Bonchev–Trinajstić information content (AvgIpc) is 3.56. The number of benzene rings is 2. The second-order valence-corrected chi connectivity index (χ2v) is 17.1. The molecule has 0 unspecified atom stereocenters. The van der Waals surface area contributed by atoms with Gasteiger partial charge in [-0.1, -0.05) is 110 Å². The van der Waals surface area contributed by atoms with Gasteiger partial charge in [0.25, 0.3) is 0 Å². The monoisotopic (exact) mass is 743 g/mol. The van der Waals surface area contributed by atoms with Crippen molar-refractivity contribution in [1.82, 2.24) is 0 Å². The van der Waals surface area contributed by atoms with Gasteiger partial charge in [0.05, 0.1) is 0 Å². The Hall–Kier alpha value is -4.68. The summed E-state index contributed by atoms with van der Waals surface area (Å²) in [7, 11) is 0. The van der Waals surface area contributed by atoms with Gasteiger partial charge in [0, 0.05) is 5.41 Å². The minimum absolute atomic E-state index is 0.117. The van der Waals surface area contributed by atoms with Crippen LogP contribution in [0, 0.1) is 41.5 Å². The molecule has 2 aliphatic carbocycles. The Kier molecular flexibility index (Phi) is 14.2. The first-order valence-electron chi connectivity index (χ1n) is 20.6. The second kappa shape index (κ2) is 18.1. The zero-order valence-electron chi connectivity index (χ0n) is 38.3. The maximum absolute atomic E-state index is 2.44. The maximum atomic E-state index is 2.44. The third kappa shape index (κ3) is 8.81. The molecule has 56 heavy (non-hydrogen) atoms. The van der Waals surface area contributed by atoms with Crippen molar-refractivity contribution in [3.05, 3.63) is 184 Å². The van der Waals surface area contributed by atoms with Crippen molar-refractivity contribution in [2.45, 2.75) is 136 Å². The first-order chi connectivity index (χ1) is 26.3. The Balaban J connectivity index is 1.66. The van der Waals surface area contributed by atoms with E-state index in [0.29, 0.717) is 0 Å². The molecule has 2 aliphatic rings. The molecule has 0 bridgehead atoms. The van der Waals surface area contributed by atoms with Crippen molar-refractivity contribution in [2.24, 2.45) is 0 Å². The molecule has 0 heterocycles. The van der Waals surface area contributed by atoms with E-state index in [1.54, 1.807) is 0 Å². The summed E-state index contributed by atoms with van der Waals surface area (Å²) in [6, 6.07) is 0. The Morgan fingerprint density at radius 1 is 0.429 bits per heavy atom. The van der Waals surface area contributed by atoms with Crippen LogP contribution < -0.4 is 0 Å². The average molecular weight is 743 g/mol. The van der Waals surface area contributed by atoms with Crippen molar-refractivity contribution in [1.29, 1.82) is 0 Å². The Morgan fingerprint density at radius 2 is 0.786 bits per heavy atom. The van der Waals surface area contributed by atoms with Gasteiger partial charge in [-0.3, -0.25) is 0 Å². The van der Waals surface area contributed by atoms with Crippen molar-refractivity contribution in [3.63, 3.8) is 0 Å². The SMILES string of the molecule is CC=C(C)C(C)=C/C=C/C=C(C)C(C)=C/C=C/c1c(C)c(C)c2c(c1C)C(C)(C)c1c(C)c(/C=C/C=C(C)C(C)=C/C=C/C3=C(C)C(C)=C(C)C3)c(C)c(C)c1-2.